The van der Waals surface area contributed by atoms with E-state index in [1.807, 2.05) is 6.92 Å². The Kier molecular flexibility index (Phi) is 5.80. The number of carbonyl (C=O) groups excluding carboxylic acids is 2. The lowest BCUT2D eigenvalue weighted by atomic mass is 10.1. The van der Waals surface area contributed by atoms with E-state index in [9.17, 15) is 9.59 Å². The summed E-state index contributed by atoms with van der Waals surface area (Å²) in [5.41, 5.74) is 1.20. The average Bonchev–Trinajstić information content (AvgIpc) is 2.87. The van der Waals surface area contributed by atoms with Crippen molar-refractivity contribution < 1.29 is 19.1 Å². The predicted octanol–water partition coefficient (Wildman–Crippen LogP) is 3.85. The summed E-state index contributed by atoms with van der Waals surface area (Å²) in [7, 11) is 1.42. The lowest BCUT2D eigenvalue weighted by molar-refractivity contribution is 0.0522. The Morgan fingerprint density at radius 2 is 2.04 bits per heavy atom. The van der Waals surface area contributed by atoms with Crippen molar-refractivity contribution in [2.24, 2.45) is 0 Å². The summed E-state index contributed by atoms with van der Waals surface area (Å²) in [6, 6.07) is 2.91. The van der Waals surface area contributed by atoms with Gasteiger partial charge in [0, 0.05) is 6.07 Å². The molecule has 0 aliphatic rings. The van der Waals surface area contributed by atoms with Gasteiger partial charge in [-0.1, -0.05) is 11.6 Å². The van der Waals surface area contributed by atoms with Crippen molar-refractivity contribution in [3.05, 3.63) is 38.3 Å². The molecule has 0 unspecified atom stereocenters. The average molecular weight is 369 g/mol. The van der Waals surface area contributed by atoms with Crippen molar-refractivity contribution in [1.29, 1.82) is 0 Å². The topological polar surface area (TPSA) is 77.5 Å². The van der Waals surface area contributed by atoms with Crippen LogP contribution in [-0.4, -0.2) is 30.6 Å². The Bertz CT molecular complexity index is 789. The third-order valence-electron chi connectivity index (χ3n) is 3.14. The van der Waals surface area contributed by atoms with E-state index in [1.165, 1.54) is 30.6 Å². The van der Waals surface area contributed by atoms with Crippen molar-refractivity contribution in [2.75, 3.05) is 19.0 Å². The Hall–Kier alpha value is -2.12. The lowest BCUT2D eigenvalue weighted by Gasteiger charge is -2.12. The van der Waals surface area contributed by atoms with Crippen LogP contribution in [0.3, 0.4) is 0 Å². The van der Waals surface area contributed by atoms with Gasteiger partial charge in [0.2, 0.25) is 0 Å². The summed E-state index contributed by atoms with van der Waals surface area (Å²) in [6.45, 7) is 5.55. The van der Waals surface area contributed by atoms with Crippen LogP contribution in [0.4, 0.5) is 5.69 Å². The Morgan fingerprint density at radius 3 is 2.58 bits per heavy atom. The van der Waals surface area contributed by atoms with Gasteiger partial charge in [0.1, 0.15) is 16.2 Å². The quantitative estimate of drug-likeness (QED) is 0.811. The van der Waals surface area contributed by atoms with Gasteiger partial charge in [0.05, 0.1) is 35.1 Å². The molecule has 0 aliphatic carbocycles. The molecule has 1 heterocycles. The number of thiazole rings is 1. The minimum Gasteiger partial charge on any atom is -0.496 e. The van der Waals surface area contributed by atoms with Crippen LogP contribution in [0.2, 0.25) is 5.02 Å². The van der Waals surface area contributed by atoms with Gasteiger partial charge < -0.3 is 14.8 Å². The number of benzene rings is 1. The molecule has 2 rings (SSSR count). The monoisotopic (exact) mass is 368 g/mol. The van der Waals surface area contributed by atoms with Gasteiger partial charge in [-0.25, -0.2) is 9.78 Å². The maximum atomic E-state index is 12.4. The number of amides is 1. The van der Waals surface area contributed by atoms with E-state index in [0.717, 1.165) is 5.01 Å². The molecule has 1 aromatic heterocycles. The van der Waals surface area contributed by atoms with Gasteiger partial charge >= 0.3 is 5.97 Å². The summed E-state index contributed by atoms with van der Waals surface area (Å²) >= 11 is 7.49. The van der Waals surface area contributed by atoms with Crippen LogP contribution in [0, 0.1) is 13.8 Å². The maximum absolute atomic E-state index is 12.4. The molecule has 6 nitrogen and oxygen atoms in total. The summed E-state index contributed by atoms with van der Waals surface area (Å²) in [6.07, 6.45) is 0. The number of hydrogen-bond donors (Lipinski definition) is 1. The first-order chi connectivity index (χ1) is 11.4. The molecule has 24 heavy (non-hydrogen) atoms. The van der Waals surface area contributed by atoms with E-state index in [-0.39, 0.29) is 28.8 Å². The van der Waals surface area contributed by atoms with E-state index in [4.69, 9.17) is 21.1 Å². The molecule has 128 valence electrons. The highest BCUT2D eigenvalue weighted by atomic mass is 35.5. The fourth-order valence-corrected chi connectivity index (χ4v) is 3.13. The van der Waals surface area contributed by atoms with Gasteiger partial charge in [-0.15, -0.1) is 11.3 Å². The number of nitrogens with one attached hydrogen (secondary N) is 1. The molecular formula is C16H17ClN2O4S. The SMILES string of the molecule is CCOC(=O)c1cc(Cl)c(NC(=O)c2sc(C)nc2C)cc1OC. The first-order valence-corrected chi connectivity index (χ1v) is 8.36. The van der Waals surface area contributed by atoms with Crippen LogP contribution in [0.25, 0.3) is 0 Å². The van der Waals surface area contributed by atoms with E-state index < -0.39 is 5.97 Å². The third kappa shape index (κ3) is 3.85. The van der Waals surface area contributed by atoms with Crippen LogP contribution in [0.1, 0.15) is 37.7 Å². The fraction of sp³-hybridized carbons (Fsp3) is 0.312. The highest BCUT2D eigenvalue weighted by Gasteiger charge is 2.20. The second-order valence-electron chi connectivity index (χ2n) is 4.85. The van der Waals surface area contributed by atoms with Crippen molar-refractivity contribution in [1.82, 2.24) is 4.98 Å². The van der Waals surface area contributed by atoms with Crippen molar-refractivity contribution in [3.8, 4) is 5.75 Å². The molecule has 2 aromatic rings. The largest absolute Gasteiger partial charge is 0.496 e. The third-order valence-corrected chi connectivity index (χ3v) is 4.53. The zero-order valence-corrected chi connectivity index (χ0v) is 15.3. The first kappa shape index (κ1) is 18.2. The molecule has 1 amide bonds. The fourth-order valence-electron chi connectivity index (χ4n) is 2.11. The summed E-state index contributed by atoms with van der Waals surface area (Å²) in [5.74, 6) is -0.584. The molecule has 8 heteroatoms. The number of esters is 1. The summed E-state index contributed by atoms with van der Waals surface area (Å²) in [4.78, 5) is 29.1. The number of carbonyl (C=O) groups is 2. The second kappa shape index (κ2) is 7.63. The highest BCUT2D eigenvalue weighted by molar-refractivity contribution is 7.13. The predicted molar refractivity (Wildman–Crippen MR) is 93.5 cm³/mol. The number of aromatic nitrogens is 1. The van der Waals surface area contributed by atoms with Crippen LogP contribution in [0.5, 0.6) is 5.75 Å². The molecular weight excluding hydrogens is 352 g/mol. The van der Waals surface area contributed by atoms with Crippen molar-refractivity contribution in [3.63, 3.8) is 0 Å². The van der Waals surface area contributed by atoms with E-state index in [2.05, 4.69) is 10.3 Å². The molecule has 0 bridgehead atoms. The standard InChI is InChI=1S/C16H17ClN2O4S/c1-5-23-16(21)10-6-11(17)12(7-13(10)22-4)19-15(20)14-8(2)18-9(3)24-14/h6-7H,5H2,1-4H3,(H,19,20). The number of methoxy groups -OCH3 is 1. The van der Waals surface area contributed by atoms with Crippen LogP contribution in [0.15, 0.2) is 12.1 Å². The number of rotatable bonds is 5. The van der Waals surface area contributed by atoms with Gasteiger partial charge in [-0.3, -0.25) is 4.79 Å². The first-order valence-electron chi connectivity index (χ1n) is 7.17. The number of nitrogens with zero attached hydrogens (tertiary/aromatic N) is 1. The van der Waals surface area contributed by atoms with Crippen LogP contribution < -0.4 is 10.1 Å². The Morgan fingerprint density at radius 1 is 1.33 bits per heavy atom. The van der Waals surface area contributed by atoms with Gasteiger partial charge in [-0.05, 0) is 26.8 Å². The molecule has 1 aromatic carbocycles. The second-order valence-corrected chi connectivity index (χ2v) is 6.46. The number of hydrogen-bond acceptors (Lipinski definition) is 6. The van der Waals surface area contributed by atoms with E-state index in [0.29, 0.717) is 16.3 Å². The number of aryl methyl sites for hydroxylation is 2. The van der Waals surface area contributed by atoms with Crippen molar-refractivity contribution in [2.45, 2.75) is 20.8 Å². The number of halogens is 1. The minimum absolute atomic E-state index is 0.201. The lowest BCUT2D eigenvalue weighted by Crippen LogP contribution is -2.13. The van der Waals surface area contributed by atoms with E-state index >= 15 is 0 Å². The Labute approximate surface area is 148 Å². The van der Waals surface area contributed by atoms with Gasteiger partial charge in [-0.2, -0.15) is 0 Å². The molecule has 0 aliphatic heterocycles. The highest BCUT2D eigenvalue weighted by Crippen LogP contribution is 2.32. The molecule has 1 N–H and O–H groups in total. The van der Waals surface area contributed by atoms with E-state index in [1.54, 1.807) is 13.8 Å². The Balaban J connectivity index is 2.32. The minimum atomic E-state index is -0.539. The molecule has 0 spiro atoms. The molecule has 0 radical (unpaired) electrons. The molecule has 0 saturated carbocycles. The molecule has 0 saturated heterocycles. The number of ether oxygens (including phenoxy) is 2. The van der Waals surface area contributed by atoms with Crippen LogP contribution >= 0.6 is 22.9 Å². The number of anilines is 1. The molecule has 0 atom stereocenters. The smallest absolute Gasteiger partial charge is 0.341 e. The summed E-state index contributed by atoms with van der Waals surface area (Å²) in [5, 5.41) is 3.74. The molecule has 0 fully saturated rings. The zero-order valence-electron chi connectivity index (χ0n) is 13.7. The normalized spacial score (nSPS) is 10.4. The summed E-state index contributed by atoms with van der Waals surface area (Å²) < 4.78 is 10.2. The van der Waals surface area contributed by atoms with Gasteiger partial charge in [0.15, 0.2) is 0 Å². The van der Waals surface area contributed by atoms with Crippen LogP contribution in [-0.2, 0) is 4.74 Å². The zero-order chi connectivity index (χ0) is 17.9. The maximum Gasteiger partial charge on any atom is 0.341 e. The van der Waals surface area contributed by atoms with Crippen molar-refractivity contribution >= 4 is 40.5 Å². The van der Waals surface area contributed by atoms with Gasteiger partial charge in [0.25, 0.3) is 5.91 Å².